The van der Waals surface area contributed by atoms with Crippen LogP contribution in [0.4, 0.5) is 0 Å². The van der Waals surface area contributed by atoms with E-state index in [0.29, 0.717) is 5.91 Å². The van der Waals surface area contributed by atoms with Crippen molar-refractivity contribution in [2.45, 2.75) is 57.9 Å². The minimum absolute atomic E-state index is 0.284. The van der Waals surface area contributed by atoms with Gasteiger partial charge < -0.3 is 10.2 Å². The van der Waals surface area contributed by atoms with Crippen LogP contribution in [0.1, 0.15) is 52.4 Å². The maximum Gasteiger partial charge on any atom is 0.242 e. The Morgan fingerprint density at radius 2 is 2.24 bits per heavy atom. The monoisotopic (exact) mass is 238 g/mol. The lowest BCUT2D eigenvalue weighted by atomic mass is 9.87. The van der Waals surface area contributed by atoms with Crippen LogP contribution in [0.25, 0.3) is 0 Å². The molecule has 2 aliphatic heterocycles. The Labute approximate surface area is 105 Å². The van der Waals surface area contributed by atoms with E-state index in [1.54, 1.807) is 0 Å². The van der Waals surface area contributed by atoms with Crippen LogP contribution < -0.4 is 5.32 Å². The van der Waals surface area contributed by atoms with Crippen molar-refractivity contribution in [3.8, 4) is 0 Å². The summed E-state index contributed by atoms with van der Waals surface area (Å²) in [5.74, 6) is 1.07. The number of carbonyl (C=O) groups excluding carboxylic acids is 1. The molecule has 3 heteroatoms. The summed E-state index contributed by atoms with van der Waals surface area (Å²) in [6.45, 7) is 7.26. The van der Waals surface area contributed by atoms with E-state index in [1.165, 1.54) is 32.1 Å². The third-order valence-corrected chi connectivity index (χ3v) is 4.47. The smallest absolute Gasteiger partial charge is 0.242 e. The second kappa shape index (κ2) is 5.38. The van der Waals surface area contributed by atoms with Crippen molar-refractivity contribution in [1.82, 2.24) is 10.2 Å². The van der Waals surface area contributed by atoms with Crippen LogP contribution in [0.3, 0.4) is 0 Å². The number of amides is 1. The van der Waals surface area contributed by atoms with Crippen LogP contribution in [0.5, 0.6) is 0 Å². The van der Waals surface area contributed by atoms with Gasteiger partial charge in [0.25, 0.3) is 0 Å². The summed E-state index contributed by atoms with van der Waals surface area (Å²) in [4.78, 5) is 14.7. The number of hydrogen-bond acceptors (Lipinski definition) is 2. The molecule has 1 amide bonds. The molecule has 0 aromatic carbocycles. The van der Waals surface area contributed by atoms with Crippen LogP contribution in [0, 0.1) is 5.92 Å². The van der Waals surface area contributed by atoms with E-state index in [0.717, 1.165) is 32.0 Å². The topological polar surface area (TPSA) is 32.3 Å². The highest BCUT2D eigenvalue weighted by Gasteiger charge is 2.38. The quantitative estimate of drug-likeness (QED) is 0.799. The molecule has 0 spiro atoms. The molecule has 0 saturated carbocycles. The molecule has 2 aliphatic rings. The molecule has 17 heavy (non-hydrogen) atoms. The van der Waals surface area contributed by atoms with Crippen molar-refractivity contribution < 1.29 is 4.79 Å². The summed E-state index contributed by atoms with van der Waals surface area (Å²) in [6, 6.07) is 0. The molecule has 3 nitrogen and oxygen atoms in total. The molecular weight excluding hydrogens is 212 g/mol. The number of nitrogens with zero attached hydrogens (tertiary/aromatic N) is 1. The molecule has 98 valence electrons. The molecule has 2 heterocycles. The van der Waals surface area contributed by atoms with Gasteiger partial charge in [0.2, 0.25) is 5.91 Å². The summed E-state index contributed by atoms with van der Waals surface area (Å²) in [6.07, 6.45) is 7.07. The first-order valence-corrected chi connectivity index (χ1v) is 7.20. The summed E-state index contributed by atoms with van der Waals surface area (Å²) >= 11 is 0. The van der Waals surface area contributed by atoms with Gasteiger partial charge in [-0.25, -0.2) is 0 Å². The SMILES string of the molecule is CCC1CCCN(C(=O)C2(C)CCCCN2)C1. The van der Waals surface area contributed by atoms with Crippen LogP contribution >= 0.6 is 0 Å². The zero-order valence-electron chi connectivity index (χ0n) is 11.3. The molecule has 0 aliphatic carbocycles. The van der Waals surface area contributed by atoms with E-state index in [-0.39, 0.29) is 5.54 Å². The average Bonchev–Trinajstić information content (AvgIpc) is 2.39. The van der Waals surface area contributed by atoms with E-state index < -0.39 is 0 Å². The number of likely N-dealkylation sites (tertiary alicyclic amines) is 1. The van der Waals surface area contributed by atoms with Gasteiger partial charge in [-0.2, -0.15) is 0 Å². The zero-order chi connectivity index (χ0) is 12.3. The first-order chi connectivity index (χ1) is 8.15. The summed E-state index contributed by atoms with van der Waals surface area (Å²) in [5, 5.41) is 3.43. The van der Waals surface area contributed by atoms with Gasteiger partial charge in [-0.05, 0) is 51.5 Å². The first kappa shape index (κ1) is 12.9. The normalized spacial score (nSPS) is 34.7. The highest BCUT2D eigenvalue weighted by Crippen LogP contribution is 2.25. The van der Waals surface area contributed by atoms with Gasteiger partial charge in [-0.3, -0.25) is 4.79 Å². The van der Waals surface area contributed by atoms with Crippen molar-refractivity contribution in [1.29, 1.82) is 0 Å². The van der Waals surface area contributed by atoms with Crippen LogP contribution in [-0.4, -0.2) is 36.0 Å². The fourth-order valence-electron chi connectivity index (χ4n) is 3.17. The number of nitrogens with one attached hydrogen (secondary N) is 1. The van der Waals surface area contributed by atoms with E-state index in [9.17, 15) is 4.79 Å². The summed E-state index contributed by atoms with van der Waals surface area (Å²) < 4.78 is 0. The second-order valence-electron chi connectivity index (χ2n) is 5.88. The highest BCUT2D eigenvalue weighted by atomic mass is 16.2. The minimum Gasteiger partial charge on any atom is -0.341 e. The van der Waals surface area contributed by atoms with Gasteiger partial charge in [0.05, 0.1) is 5.54 Å². The van der Waals surface area contributed by atoms with Crippen LogP contribution in [0.15, 0.2) is 0 Å². The fourth-order valence-corrected chi connectivity index (χ4v) is 3.17. The lowest BCUT2D eigenvalue weighted by Crippen LogP contribution is -2.59. The average molecular weight is 238 g/mol. The van der Waals surface area contributed by atoms with Crippen molar-refractivity contribution in [2.75, 3.05) is 19.6 Å². The van der Waals surface area contributed by atoms with E-state index in [4.69, 9.17) is 0 Å². The van der Waals surface area contributed by atoms with Crippen LogP contribution in [0.2, 0.25) is 0 Å². The van der Waals surface area contributed by atoms with Gasteiger partial charge in [0.15, 0.2) is 0 Å². The van der Waals surface area contributed by atoms with Crippen molar-refractivity contribution in [3.63, 3.8) is 0 Å². The van der Waals surface area contributed by atoms with Crippen molar-refractivity contribution >= 4 is 5.91 Å². The Morgan fingerprint density at radius 1 is 1.41 bits per heavy atom. The van der Waals surface area contributed by atoms with Crippen molar-refractivity contribution in [3.05, 3.63) is 0 Å². The third-order valence-electron chi connectivity index (χ3n) is 4.47. The maximum absolute atomic E-state index is 12.6. The molecule has 2 unspecified atom stereocenters. The molecule has 0 aromatic heterocycles. The Morgan fingerprint density at radius 3 is 2.88 bits per heavy atom. The van der Waals surface area contributed by atoms with Gasteiger partial charge in [0, 0.05) is 13.1 Å². The molecule has 0 bridgehead atoms. The number of carbonyl (C=O) groups is 1. The number of piperidine rings is 2. The second-order valence-corrected chi connectivity index (χ2v) is 5.88. The zero-order valence-corrected chi connectivity index (χ0v) is 11.3. The predicted molar refractivity (Wildman–Crippen MR) is 69.9 cm³/mol. The van der Waals surface area contributed by atoms with Gasteiger partial charge in [-0.15, -0.1) is 0 Å². The highest BCUT2D eigenvalue weighted by molar-refractivity contribution is 5.86. The Bertz CT molecular complexity index is 271. The molecule has 2 fully saturated rings. The molecule has 2 atom stereocenters. The predicted octanol–water partition coefficient (Wildman–Crippen LogP) is 2.17. The Hall–Kier alpha value is -0.570. The van der Waals surface area contributed by atoms with E-state index >= 15 is 0 Å². The van der Waals surface area contributed by atoms with Crippen molar-refractivity contribution in [2.24, 2.45) is 5.92 Å². The fraction of sp³-hybridized carbons (Fsp3) is 0.929. The maximum atomic E-state index is 12.6. The number of rotatable bonds is 2. The lowest BCUT2D eigenvalue weighted by molar-refractivity contribution is -0.140. The number of hydrogen-bond donors (Lipinski definition) is 1. The first-order valence-electron chi connectivity index (χ1n) is 7.20. The minimum atomic E-state index is -0.284. The lowest BCUT2D eigenvalue weighted by Gasteiger charge is -2.41. The summed E-state index contributed by atoms with van der Waals surface area (Å²) in [7, 11) is 0. The Balaban J connectivity index is 1.98. The molecule has 2 saturated heterocycles. The largest absolute Gasteiger partial charge is 0.341 e. The molecular formula is C14H26N2O. The van der Waals surface area contributed by atoms with Gasteiger partial charge in [0.1, 0.15) is 0 Å². The summed E-state index contributed by atoms with van der Waals surface area (Å²) in [5.41, 5.74) is -0.284. The third kappa shape index (κ3) is 2.82. The molecule has 0 radical (unpaired) electrons. The van der Waals surface area contributed by atoms with Crippen LogP contribution in [-0.2, 0) is 4.79 Å². The van der Waals surface area contributed by atoms with Gasteiger partial charge >= 0.3 is 0 Å². The standard InChI is InChI=1S/C14H26N2O/c1-3-12-7-6-10-16(11-12)13(17)14(2)8-4-5-9-15-14/h12,15H,3-11H2,1-2H3. The molecule has 2 rings (SSSR count). The Kier molecular flexibility index (Phi) is 4.08. The van der Waals surface area contributed by atoms with E-state index in [2.05, 4.69) is 24.1 Å². The molecule has 0 aromatic rings. The van der Waals surface area contributed by atoms with Gasteiger partial charge in [-0.1, -0.05) is 13.3 Å². The molecule has 1 N–H and O–H groups in total. The van der Waals surface area contributed by atoms with E-state index in [1.807, 2.05) is 0 Å².